The highest BCUT2D eigenvalue weighted by Crippen LogP contribution is 2.38. The lowest BCUT2D eigenvalue weighted by molar-refractivity contribution is -0.138. The number of carbonyl (C=O) groups is 2. The molecule has 1 spiro atoms. The smallest absolute Gasteiger partial charge is 0.352 e. The second kappa shape index (κ2) is 13.7. The number of halogens is 3. The fourth-order valence-corrected chi connectivity index (χ4v) is 6.85. The van der Waals surface area contributed by atoms with Gasteiger partial charge in [0.05, 0.1) is 0 Å². The van der Waals surface area contributed by atoms with E-state index in [-0.39, 0.29) is 30.1 Å². The zero-order valence-electron chi connectivity index (χ0n) is 24.0. The highest BCUT2D eigenvalue weighted by Gasteiger charge is 2.47. The molecule has 4 N–H and O–H groups in total. The molecule has 2 amide bonds. The predicted molar refractivity (Wildman–Crippen MR) is 158 cm³/mol. The van der Waals surface area contributed by atoms with Crippen LogP contribution in [0.25, 0.3) is 6.08 Å². The number of amides is 2. The van der Waals surface area contributed by atoms with Gasteiger partial charge in [-0.05, 0) is 118 Å². The Balaban J connectivity index is 1.26. The molecule has 0 bridgehead atoms. The van der Waals surface area contributed by atoms with Gasteiger partial charge in [-0.2, -0.15) is 13.2 Å². The molecule has 11 heteroatoms. The number of benzene rings is 1. The summed E-state index contributed by atoms with van der Waals surface area (Å²) < 4.78 is 40.0. The quantitative estimate of drug-likeness (QED) is 0.245. The summed E-state index contributed by atoms with van der Waals surface area (Å²) >= 11 is 1.61. The summed E-state index contributed by atoms with van der Waals surface area (Å²) in [6, 6.07) is 3.81. The lowest BCUT2D eigenvalue weighted by Gasteiger charge is -2.34. The molecule has 1 aromatic rings. The van der Waals surface area contributed by atoms with E-state index in [4.69, 9.17) is 10.7 Å². The number of piperidine rings is 1. The van der Waals surface area contributed by atoms with Crippen LogP contribution in [-0.4, -0.2) is 59.8 Å². The number of nitrogens with one attached hydrogen (secondary N) is 2. The molecular formula is C30H42F3N5O2S. The highest BCUT2D eigenvalue weighted by molar-refractivity contribution is 8.00. The lowest BCUT2D eigenvalue weighted by atomic mass is 9.79. The van der Waals surface area contributed by atoms with Gasteiger partial charge in [-0.25, -0.2) is 4.31 Å². The van der Waals surface area contributed by atoms with Gasteiger partial charge < -0.3 is 16.4 Å². The van der Waals surface area contributed by atoms with Gasteiger partial charge in [0.1, 0.15) is 11.4 Å². The van der Waals surface area contributed by atoms with Gasteiger partial charge in [-0.1, -0.05) is 11.9 Å². The Morgan fingerprint density at radius 2 is 1.85 bits per heavy atom. The van der Waals surface area contributed by atoms with Crippen molar-refractivity contribution in [2.45, 2.75) is 83.4 Å². The minimum atomic E-state index is -4.09. The van der Waals surface area contributed by atoms with Crippen LogP contribution in [0.4, 0.5) is 13.2 Å². The van der Waals surface area contributed by atoms with Crippen molar-refractivity contribution in [3.8, 4) is 0 Å². The van der Waals surface area contributed by atoms with Crippen molar-refractivity contribution in [1.29, 1.82) is 0 Å². The first-order valence-electron chi connectivity index (χ1n) is 14.7. The fraction of sp³-hybridized carbons (Fsp3) is 0.633. The summed E-state index contributed by atoms with van der Waals surface area (Å²) in [5, 5.41) is 7.98. The number of aliphatic imine (C=N–C) groups is 1. The molecule has 7 nitrogen and oxygen atoms in total. The molecule has 3 aliphatic rings. The maximum Gasteiger partial charge on any atom is 0.389 e. The van der Waals surface area contributed by atoms with Crippen LogP contribution in [-0.2, 0) is 4.79 Å². The molecule has 0 atom stereocenters. The number of amidine groups is 1. The molecule has 2 heterocycles. The molecule has 2 aliphatic heterocycles. The summed E-state index contributed by atoms with van der Waals surface area (Å²) in [7, 11) is 0. The first kappa shape index (κ1) is 31.6. The molecular weight excluding hydrogens is 551 g/mol. The van der Waals surface area contributed by atoms with Gasteiger partial charge in [0.15, 0.2) is 0 Å². The Bertz CT molecular complexity index is 1130. The van der Waals surface area contributed by atoms with E-state index in [9.17, 15) is 22.8 Å². The summed E-state index contributed by atoms with van der Waals surface area (Å²) in [6.45, 7) is 6.56. The summed E-state index contributed by atoms with van der Waals surface area (Å²) in [5.74, 6) is 0.847. The normalized spacial score (nSPS) is 23.2. The standard InChI is InChI=1S/C30H42F3N5O2S/c1-20-18-24(27(39)35-14-3-13-34)19-21(2)25(20)9-17-41-38-15-11-29(12-16-38)28(40)36-26(37-29)23-6-4-22(5-7-23)8-10-30(31,32)33/h9,17-19,22-23H,3-8,10-16,34H2,1-2H3,(H,35,39)(H,36,37,40)/b17-9+. The van der Waals surface area contributed by atoms with E-state index < -0.39 is 18.1 Å². The lowest BCUT2D eigenvalue weighted by Crippen LogP contribution is -2.47. The van der Waals surface area contributed by atoms with Crippen molar-refractivity contribution in [3.63, 3.8) is 0 Å². The molecule has 1 saturated heterocycles. The average molecular weight is 594 g/mol. The van der Waals surface area contributed by atoms with E-state index >= 15 is 0 Å². The van der Waals surface area contributed by atoms with E-state index in [0.29, 0.717) is 31.5 Å². The van der Waals surface area contributed by atoms with Crippen LogP contribution in [0.1, 0.15) is 84.8 Å². The number of alkyl halides is 3. The topological polar surface area (TPSA) is 99.8 Å². The van der Waals surface area contributed by atoms with Gasteiger partial charge in [0.25, 0.3) is 11.8 Å². The molecule has 41 heavy (non-hydrogen) atoms. The summed E-state index contributed by atoms with van der Waals surface area (Å²) in [6.07, 6.45) is 2.54. The Labute approximate surface area is 245 Å². The van der Waals surface area contributed by atoms with Crippen LogP contribution in [0, 0.1) is 25.7 Å². The maximum atomic E-state index is 13.0. The second-order valence-corrected chi connectivity index (χ2v) is 12.6. The van der Waals surface area contributed by atoms with Crippen LogP contribution in [0.2, 0.25) is 0 Å². The third-order valence-corrected chi connectivity index (χ3v) is 9.51. The van der Waals surface area contributed by atoms with Crippen LogP contribution < -0.4 is 16.4 Å². The summed E-state index contributed by atoms with van der Waals surface area (Å²) in [4.78, 5) is 30.3. The molecule has 4 rings (SSSR count). The van der Waals surface area contributed by atoms with E-state index in [1.807, 2.05) is 26.0 Å². The number of hydrogen-bond donors (Lipinski definition) is 3. The number of nitrogens with zero attached hydrogens (tertiary/aromatic N) is 2. The number of nitrogens with two attached hydrogens (primary N) is 1. The van der Waals surface area contributed by atoms with Gasteiger partial charge in [0, 0.05) is 37.5 Å². The predicted octanol–water partition coefficient (Wildman–Crippen LogP) is 5.51. The highest BCUT2D eigenvalue weighted by atomic mass is 32.2. The zero-order chi connectivity index (χ0) is 29.6. The van der Waals surface area contributed by atoms with Gasteiger partial charge in [-0.15, -0.1) is 0 Å². The minimum Gasteiger partial charge on any atom is -0.352 e. The van der Waals surface area contributed by atoms with Crippen LogP contribution in [0.3, 0.4) is 0 Å². The van der Waals surface area contributed by atoms with Crippen molar-refractivity contribution in [1.82, 2.24) is 14.9 Å². The molecule has 1 saturated carbocycles. The third kappa shape index (κ3) is 8.35. The van der Waals surface area contributed by atoms with Crippen molar-refractivity contribution in [2.24, 2.45) is 22.6 Å². The molecule has 2 fully saturated rings. The van der Waals surface area contributed by atoms with E-state index in [1.54, 1.807) is 11.9 Å². The SMILES string of the molecule is Cc1cc(C(=O)NCCCN)cc(C)c1/C=C/SN1CCC2(CC1)N=C(C1CCC(CCC(F)(F)F)CC1)NC2=O. The second-order valence-electron chi connectivity index (χ2n) is 11.6. The fourth-order valence-electron chi connectivity index (χ4n) is 6.09. The largest absolute Gasteiger partial charge is 0.389 e. The Kier molecular flexibility index (Phi) is 10.6. The first-order chi connectivity index (χ1) is 19.5. The molecule has 0 aromatic heterocycles. The monoisotopic (exact) mass is 593 g/mol. The molecule has 0 unspecified atom stereocenters. The molecule has 1 aromatic carbocycles. The van der Waals surface area contributed by atoms with Crippen molar-refractivity contribution >= 4 is 35.7 Å². The van der Waals surface area contributed by atoms with Crippen molar-refractivity contribution in [2.75, 3.05) is 26.2 Å². The van der Waals surface area contributed by atoms with E-state index in [0.717, 1.165) is 67.7 Å². The van der Waals surface area contributed by atoms with Gasteiger partial charge in [-0.3, -0.25) is 14.6 Å². The van der Waals surface area contributed by atoms with E-state index in [2.05, 4.69) is 26.4 Å². The van der Waals surface area contributed by atoms with E-state index in [1.165, 1.54) is 0 Å². The maximum absolute atomic E-state index is 13.0. The Morgan fingerprint density at radius 3 is 2.46 bits per heavy atom. The van der Waals surface area contributed by atoms with Crippen LogP contribution >= 0.6 is 11.9 Å². The van der Waals surface area contributed by atoms with Gasteiger partial charge >= 0.3 is 6.18 Å². The molecule has 1 aliphatic carbocycles. The van der Waals surface area contributed by atoms with Crippen molar-refractivity contribution in [3.05, 3.63) is 39.8 Å². The van der Waals surface area contributed by atoms with Crippen LogP contribution in [0.5, 0.6) is 0 Å². The zero-order valence-corrected chi connectivity index (χ0v) is 24.8. The Hall–Kier alpha value is -2.37. The van der Waals surface area contributed by atoms with Crippen molar-refractivity contribution < 1.29 is 22.8 Å². The van der Waals surface area contributed by atoms with Gasteiger partial charge in [0.2, 0.25) is 0 Å². The number of hydrogen-bond acceptors (Lipinski definition) is 6. The minimum absolute atomic E-state index is 0.0368. The number of carbonyl (C=O) groups excluding carboxylic acids is 2. The molecule has 226 valence electrons. The Morgan fingerprint density at radius 1 is 1.20 bits per heavy atom. The summed E-state index contributed by atoms with van der Waals surface area (Å²) in [5.41, 5.74) is 8.57. The first-order valence-corrected chi connectivity index (χ1v) is 15.5. The average Bonchev–Trinajstić information content (AvgIpc) is 3.25. The number of rotatable bonds is 10. The third-order valence-electron chi connectivity index (χ3n) is 8.58. The number of aryl methyl sites for hydroxylation is 2. The van der Waals surface area contributed by atoms with Crippen LogP contribution in [0.15, 0.2) is 22.5 Å². The molecule has 0 radical (unpaired) electrons.